The summed E-state index contributed by atoms with van der Waals surface area (Å²) in [5.41, 5.74) is -3.00. The van der Waals surface area contributed by atoms with Crippen LogP contribution in [0.4, 0.5) is 13.2 Å². The molecule has 5 heteroatoms. The fourth-order valence-electron chi connectivity index (χ4n) is 1.71. The third kappa shape index (κ3) is 2.03. The second-order valence-corrected chi connectivity index (χ2v) is 4.50. The number of alkyl halides is 3. The molecule has 0 atom stereocenters. The van der Waals surface area contributed by atoms with Gasteiger partial charge in [-0.15, -0.1) is 0 Å². The second kappa shape index (κ2) is 3.38. The summed E-state index contributed by atoms with van der Waals surface area (Å²) in [4.78, 5) is 0. The van der Waals surface area contributed by atoms with Crippen LogP contribution in [0.15, 0.2) is 0 Å². The van der Waals surface area contributed by atoms with Crippen molar-refractivity contribution < 1.29 is 23.4 Å². The molecule has 0 unspecified atom stereocenters. The Bertz CT molecular complexity index is 205. The summed E-state index contributed by atoms with van der Waals surface area (Å²) in [6.07, 6.45) is -4.76. The van der Waals surface area contributed by atoms with Crippen molar-refractivity contribution in [2.45, 2.75) is 44.4 Å². The van der Waals surface area contributed by atoms with E-state index < -0.39 is 17.2 Å². The topological polar surface area (TPSA) is 40.5 Å². The molecule has 0 amide bonds. The van der Waals surface area contributed by atoms with Crippen LogP contribution in [0, 0.1) is 5.41 Å². The van der Waals surface area contributed by atoms with Crippen LogP contribution in [0.25, 0.3) is 0 Å². The number of aliphatic hydroxyl groups is 2. The fourth-order valence-corrected chi connectivity index (χ4v) is 1.71. The van der Waals surface area contributed by atoms with Crippen LogP contribution in [0.5, 0.6) is 0 Å². The number of aliphatic hydroxyl groups excluding tert-OH is 1. The molecule has 1 rings (SSSR count). The van der Waals surface area contributed by atoms with Crippen LogP contribution in [0.1, 0.15) is 32.6 Å². The van der Waals surface area contributed by atoms with Crippen LogP contribution in [-0.4, -0.2) is 28.6 Å². The Morgan fingerprint density at radius 1 is 1.14 bits per heavy atom. The van der Waals surface area contributed by atoms with Gasteiger partial charge in [0.2, 0.25) is 0 Å². The molecule has 0 bridgehead atoms. The predicted octanol–water partition coefficient (Wildman–Crippen LogP) is 1.85. The first-order chi connectivity index (χ1) is 6.22. The van der Waals surface area contributed by atoms with Crippen LogP contribution in [0.3, 0.4) is 0 Å². The molecular formula is C9H15F3O2. The van der Waals surface area contributed by atoms with Gasteiger partial charge in [-0.1, -0.05) is 6.92 Å². The summed E-state index contributed by atoms with van der Waals surface area (Å²) in [7, 11) is 0. The zero-order valence-electron chi connectivity index (χ0n) is 8.06. The lowest BCUT2D eigenvalue weighted by atomic mass is 9.70. The Morgan fingerprint density at radius 3 is 1.86 bits per heavy atom. The van der Waals surface area contributed by atoms with E-state index in [9.17, 15) is 18.3 Å². The first-order valence-electron chi connectivity index (χ1n) is 4.62. The number of hydrogen-bond donors (Lipinski definition) is 2. The summed E-state index contributed by atoms with van der Waals surface area (Å²) in [6.45, 7) is 1.61. The van der Waals surface area contributed by atoms with Gasteiger partial charge in [-0.2, -0.15) is 13.2 Å². The van der Waals surface area contributed by atoms with Crippen LogP contribution < -0.4 is 0 Å². The van der Waals surface area contributed by atoms with Gasteiger partial charge in [0, 0.05) is 6.61 Å². The van der Waals surface area contributed by atoms with E-state index in [0.717, 1.165) is 0 Å². The minimum Gasteiger partial charge on any atom is -0.396 e. The Balaban J connectivity index is 2.67. The molecule has 84 valence electrons. The fraction of sp³-hybridized carbons (Fsp3) is 1.00. The van der Waals surface area contributed by atoms with Crippen molar-refractivity contribution in [2.75, 3.05) is 6.61 Å². The SMILES string of the molecule is CC1(CO)CCC(O)(C(F)(F)F)CC1. The third-order valence-corrected chi connectivity index (χ3v) is 3.19. The van der Waals surface area contributed by atoms with E-state index in [4.69, 9.17) is 5.11 Å². The third-order valence-electron chi connectivity index (χ3n) is 3.19. The van der Waals surface area contributed by atoms with Gasteiger partial charge in [0.25, 0.3) is 0 Å². The highest BCUT2D eigenvalue weighted by atomic mass is 19.4. The smallest absolute Gasteiger partial charge is 0.396 e. The number of hydrogen-bond acceptors (Lipinski definition) is 2. The van der Waals surface area contributed by atoms with Gasteiger partial charge in [0.1, 0.15) is 0 Å². The van der Waals surface area contributed by atoms with E-state index in [2.05, 4.69) is 0 Å². The molecule has 14 heavy (non-hydrogen) atoms. The standard InChI is InChI=1S/C9H15F3O2/c1-7(6-13)2-4-8(14,5-3-7)9(10,11)12/h13-14H,2-6H2,1H3. The molecule has 0 aliphatic heterocycles. The Morgan fingerprint density at radius 2 is 1.57 bits per heavy atom. The molecule has 1 saturated carbocycles. The minimum atomic E-state index is -4.55. The van der Waals surface area contributed by atoms with E-state index in [1.54, 1.807) is 6.92 Å². The molecule has 1 aliphatic rings. The summed E-state index contributed by atoms with van der Waals surface area (Å²) >= 11 is 0. The Kier molecular flexibility index (Phi) is 2.84. The van der Waals surface area contributed by atoms with Crippen molar-refractivity contribution in [2.24, 2.45) is 5.41 Å². The van der Waals surface area contributed by atoms with Crippen LogP contribution in [0.2, 0.25) is 0 Å². The Labute approximate surface area is 80.7 Å². The van der Waals surface area contributed by atoms with Gasteiger partial charge in [-0.3, -0.25) is 0 Å². The molecule has 1 fully saturated rings. The van der Waals surface area contributed by atoms with E-state index >= 15 is 0 Å². The highest BCUT2D eigenvalue weighted by Crippen LogP contribution is 2.47. The zero-order chi connectivity index (χ0) is 11.0. The molecule has 2 nitrogen and oxygen atoms in total. The average Bonchev–Trinajstić information content (AvgIpc) is 2.09. The minimum absolute atomic E-state index is 0.124. The molecule has 0 saturated heterocycles. The van der Waals surface area contributed by atoms with Crippen molar-refractivity contribution in [3.63, 3.8) is 0 Å². The van der Waals surface area contributed by atoms with Crippen molar-refractivity contribution in [1.29, 1.82) is 0 Å². The van der Waals surface area contributed by atoms with Gasteiger partial charge in [0.15, 0.2) is 5.60 Å². The maximum Gasteiger partial charge on any atom is 0.417 e. The van der Waals surface area contributed by atoms with Crippen LogP contribution in [-0.2, 0) is 0 Å². The largest absolute Gasteiger partial charge is 0.417 e. The number of rotatable bonds is 1. The van der Waals surface area contributed by atoms with Crippen molar-refractivity contribution in [3.8, 4) is 0 Å². The van der Waals surface area contributed by atoms with E-state index in [1.807, 2.05) is 0 Å². The van der Waals surface area contributed by atoms with Crippen molar-refractivity contribution in [1.82, 2.24) is 0 Å². The quantitative estimate of drug-likeness (QED) is 0.696. The summed E-state index contributed by atoms with van der Waals surface area (Å²) in [5.74, 6) is 0. The molecule has 0 aromatic rings. The number of halogens is 3. The molecule has 0 radical (unpaired) electrons. The molecule has 0 aromatic heterocycles. The lowest BCUT2D eigenvalue weighted by Crippen LogP contribution is -2.50. The van der Waals surface area contributed by atoms with E-state index in [1.165, 1.54) is 0 Å². The maximum absolute atomic E-state index is 12.4. The van der Waals surface area contributed by atoms with Gasteiger partial charge >= 0.3 is 6.18 Å². The maximum atomic E-state index is 12.4. The van der Waals surface area contributed by atoms with Gasteiger partial charge < -0.3 is 10.2 Å². The van der Waals surface area contributed by atoms with Crippen molar-refractivity contribution >= 4 is 0 Å². The van der Waals surface area contributed by atoms with Gasteiger partial charge in [-0.25, -0.2) is 0 Å². The molecule has 0 spiro atoms. The molecule has 1 aliphatic carbocycles. The van der Waals surface area contributed by atoms with Gasteiger partial charge in [-0.05, 0) is 31.1 Å². The van der Waals surface area contributed by atoms with E-state index in [0.29, 0.717) is 0 Å². The zero-order valence-corrected chi connectivity index (χ0v) is 8.06. The lowest BCUT2D eigenvalue weighted by Gasteiger charge is -2.41. The highest BCUT2D eigenvalue weighted by molar-refractivity contribution is 4.95. The highest BCUT2D eigenvalue weighted by Gasteiger charge is 2.56. The normalized spacial score (nSPS) is 39.9. The van der Waals surface area contributed by atoms with Crippen LogP contribution >= 0.6 is 0 Å². The summed E-state index contributed by atoms with van der Waals surface area (Å²) in [6, 6.07) is 0. The predicted molar refractivity (Wildman–Crippen MR) is 44.7 cm³/mol. The summed E-state index contributed by atoms with van der Waals surface area (Å²) in [5, 5.41) is 18.3. The van der Waals surface area contributed by atoms with Gasteiger partial charge in [0.05, 0.1) is 0 Å². The molecule has 2 N–H and O–H groups in total. The monoisotopic (exact) mass is 212 g/mol. The second-order valence-electron chi connectivity index (χ2n) is 4.50. The summed E-state index contributed by atoms with van der Waals surface area (Å²) < 4.78 is 37.1. The molecule has 0 aromatic carbocycles. The first kappa shape index (κ1) is 11.8. The molecular weight excluding hydrogens is 197 g/mol. The van der Waals surface area contributed by atoms with Crippen molar-refractivity contribution in [3.05, 3.63) is 0 Å². The lowest BCUT2D eigenvalue weighted by molar-refractivity contribution is -0.275. The Hall–Kier alpha value is -0.290. The average molecular weight is 212 g/mol. The van der Waals surface area contributed by atoms with E-state index in [-0.39, 0.29) is 32.3 Å². The first-order valence-corrected chi connectivity index (χ1v) is 4.62. The molecule has 0 heterocycles.